The van der Waals surface area contributed by atoms with E-state index < -0.39 is 11.7 Å². The number of carbonyl (C=O) groups is 2. The summed E-state index contributed by atoms with van der Waals surface area (Å²) in [5, 5.41) is 9.18. The first-order valence-electron chi connectivity index (χ1n) is 6.48. The molecule has 0 bridgehead atoms. The summed E-state index contributed by atoms with van der Waals surface area (Å²) in [6, 6.07) is 5.51. The van der Waals surface area contributed by atoms with Crippen LogP contribution in [0.3, 0.4) is 0 Å². The maximum atomic E-state index is 13.1. The number of hydrogen-bond acceptors (Lipinski definition) is 3. The molecule has 0 aliphatic carbocycles. The molecule has 0 radical (unpaired) electrons. The molecule has 8 heteroatoms. The lowest BCUT2D eigenvalue weighted by Crippen LogP contribution is -2.28. The average Bonchev–Trinajstić information content (AvgIpc) is 2.86. The highest BCUT2D eigenvalue weighted by Gasteiger charge is 2.11. The lowest BCUT2D eigenvalue weighted by atomic mass is 10.2. The fraction of sp³-hybridized carbons (Fsp3) is 0.214. The molecule has 2 rings (SSSR count). The number of amides is 2. The molecule has 2 aromatic rings. The summed E-state index contributed by atoms with van der Waals surface area (Å²) in [5.74, 6) is -0.762. The van der Waals surface area contributed by atoms with Gasteiger partial charge in [-0.3, -0.25) is 14.3 Å². The third-order valence-electron chi connectivity index (χ3n) is 2.79. The molecule has 0 aliphatic rings. The molecular formula is C14H14BrFN4O2. The fourth-order valence-corrected chi connectivity index (χ4v) is 2.17. The van der Waals surface area contributed by atoms with E-state index in [1.165, 1.54) is 12.1 Å². The summed E-state index contributed by atoms with van der Waals surface area (Å²) in [6.45, 7) is 0.139. The molecule has 1 aromatic heterocycles. The number of anilines is 1. The molecule has 0 fully saturated rings. The first-order valence-corrected chi connectivity index (χ1v) is 7.28. The number of carbonyl (C=O) groups excluding carboxylic acids is 2. The topological polar surface area (TPSA) is 76.0 Å². The van der Waals surface area contributed by atoms with Crippen molar-refractivity contribution >= 4 is 33.6 Å². The van der Waals surface area contributed by atoms with Gasteiger partial charge in [-0.25, -0.2) is 4.39 Å². The van der Waals surface area contributed by atoms with Crippen molar-refractivity contribution in [3.05, 3.63) is 46.3 Å². The Morgan fingerprint density at radius 3 is 2.82 bits per heavy atom. The van der Waals surface area contributed by atoms with Gasteiger partial charge < -0.3 is 10.6 Å². The van der Waals surface area contributed by atoms with Crippen molar-refractivity contribution in [1.82, 2.24) is 15.1 Å². The van der Waals surface area contributed by atoms with Gasteiger partial charge in [0.15, 0.2) is 5.82 Å². The van der Waals surface area contributed by atoms with E-state index >= 15 is 0 Å². The molecule has 0 aliphatic heterocycles. The second kappa shape index (κ2) is 7.17. The Kier molecular flexibility index (Phi) is 5.26. The van der Waals surface area contributed by atoms with Crippen molar-refractivity contribution in [2.45, 2.75) is 6.42 Å². The van der Waals surface area contributed by atoms with E-state index in [9.17, 15) is 14.0 Å². The Balaban J connectivity index is 1.81. The second-order valence-corrected chi connectivity index (χ2v) is 5.41. The Labute approximate surface area is 134 Å². The van der Waals surface area contributed by atoms with Crippen molar-refractivity contribution in [3.8, 4) is 0 Å². The summed E-state index contributed by atoms with van der Waals surface area (Å²) >= 11 is 3.18. The number of aromatic nitrogens is 2. The Bertz CT molecular complexity index is 702. The quantitative estimate of drug-likeness (QED) is 0.848. The van der Waals surface area contributed by atoms with Crippen molar-refractivity contribution < 1.29 is 14.0 Å². The van der Waals surface area contributed by atoms with E-state index in [4.69, 9.17) is 0 Å². The number of aryl methyl sites for hydroxylation is 1. The van der Waals surface area contributed by atoms with Crippen molar-refractivity contribution in [2.24, 2.45) is 7.05 Å². The molecule has 1 aromatic carbocycles. The molecule has 2 amide bonds. The van der Waals surface area contributed by atoms with Crippen molar-refractivity contribution in [1.29, 1.82) is 0 Å². The first kappa shape index (κ1) is 16.2. The molecule has 116 valence electrons. The van der Waals surface area contributed by atoms with E-state index in [2.05, 4.69) is 31.7 Å². The van der Waals surface area contributed by atoms with Gasteiger partial charge in [-0.2, -0.15) is 5.10 Å². The lowest BCUT2D eigenvalue weighted by Gasteiger charge is -2.07. The summed E-state index contributed by atoms with van der Waals surface area (Å²) in [4.78, 5) is 23.6. The predicted molar refractivity (Wildman–Crippen MR) is 82.9 cm³/mol. The van der Waals surface area contributed by atoms with Gasteiger partial charge in [0.05, 0.1) is 5.56 Å². The molecular weight excluding hydrogens is 355 g/mol. The lowest BCUT2D eigenvalue weighted by molar-refractivity contribution is -0.116. The zero-order valence-electron chi connectivity index (χ0n) is 11.8. The number of nitrogens with zero attached hydrogens (tertiary/aromatic N) is 2. The van der Waals surface area contributed by atoms with Crippen LogP contribution in [0, 0.1) is 5.82 Å². The van der Waals surface area contributed by atoms with Crippen LogP contribution in [0.1, 0.15) is 16.8 Å². The molecule has 1 heterocycles. The highest BCUT2D eigenvalue weighted by molar-refractivity contribution is 9.10. The smallest absolute Gasteiger partial charge is 0.252 e. The van der Waals surface area contributed by atoms with Crippen LogP contribution >= 0.6 is 15.9 Å². The minimum atomic E-state index is -0.499. The third-order valence-corrected chi connectivity index (χ3v) is 3.48. The Hall–Kier alpha value is -2.22. The minimum absolute atomic E-state index is 0.0925. The van der Waals surface area contributed by atoms with E-state index in [-0.39, 0.29) is 24.4 Å². The molecule has 0 unspecified atom stereocenters. The van der Waals surface area contributed by atoms with Gasteiger partial charge in [-0.15, -0.1) is 0 Å². The van der Waals surface area contributed by atoms with Crippen LogP contribution in [0.2, 0.25) is 0 Å². The van der Waals surface area contributed by atoms with Crippen LogP contribution in [0.25, 0.3) is 0 Å². The molecule has 0 saturated carbocycles. The van der Waals surface area contributed by atoms with Gasteiger partial charge in [0.1, 0.15) is 5.82 Å². The number of hydrogen-bond donors (Lipinski definition) is 2. The highest BCUT2D eigenvalue weighted by Crippen LogP contribution is 2.17. The van der Waals surface area contributed by atoms with Crippen LogP contribution in [0.5, 0.6) is 0 Å². The molecule has 22 heavy (non-hydrogen) atoms. The highest BCUT2D eigenvalue weighted by atomic mass is 79.9. The molecule has 6 nitrogen and oxygen atoms in total. The molecule has 2 N–H and O–H groups in total. The van der Waals surface area contributed by atoms with Crippen LogP contribution in [0.4, 0.5) is 10.2 Å². The first-order chi connectivity index (χ1) is 10.5. The maximum absolute atomic E-state index is 13.1. The van der Waals surface area contributed by atoms with E-state index in [1.807, 2.05) is 0 Å². The van der Waals surface area contributed by atoms with Gasteiger partial charge in [0.2, 0.25) is 5.91 Å². The molecule has 0 atom stereocenters. The summed E-state index contributed by atoms with van der Waals surface area (Å²) < 4.78 is 15.2. The van der Waals surface area contributed by atoms with E-state index in [0.29, 0.717) is 10.3 Å². The number of halogens is 2. The monoisotopic (exact) mass is 368 g/mol. The van der Waals surface area contributed by atoms with Gasteiger partial charge in [-0.05, 0) is 34.1 Å². The van der Waals surface area contributed by atoms with Gasteiger partial charge in [0, 0.05) is 36.7 Å². The van der Waals surface area contributed by atoms with Crippen molar-refractivity contribution in [2.75, 3.05) is 11.9 Å². The van der Waals surface area contributed by atoms with Gasteiger partial charge >= 0.3 is 0 Å². The minimum Gasteiger partial charge on any atom is -0.351 e. The molecule has 0 saturated heterocycles. The number of benzene rings is 1. The maximum Gasteiger partial charge on any atom is 0.252 e. The van der Waals surface area contributed by atoms with E-state index in [0.717, 1.165) is 6.07 Å². The normalized spacial score (nSPS) is 10.3. The zero-order chi connectivity index (χ0) is 16.1. The third kappa shape index (κ3) is 4.39. The average molecular weight is 369 g/mol. The fourth-order valence-electron chi connectivity index (χ4n) is 1.74. The predicted octanol–water partition coefficient (Wildman–Crippen LogP) is 2.08. The zero-order valence-corrected chi connectivity index (χ0v) is 13.4. The molecule has 0 spiro atoms. The standard InChI is InChI=1S/C14H14BrFN4O2/c1-20-7-5-12(19-20)18-13(21)4-6-17-14(22)10-8-9(16)2-3-11(10)15/h2-3,5,7-8H,4,6H2,1H3,(H,17,22)(H,18,19,21). The summed E-state index contributed by atoms with van der Waals surface area (Å²) in [5.41, 5.74) is 0.185. The van der Waals surface area contributed by atoms with Crippen LogP contribution in [-0.2, 0) is 11.8 Å². The Morgan fingerprint density at radius 1 is 1.36 bits per heavy atom. The Morgan fingerprint density at radius 2 is 2.14 bits per heavy atom. The van der Waals surface area contributed by atoms with E-state index in [1.54, 1.807) is 24.0 Å². The van der Waals surface area contributed by atoms with Gasteiger partial charge in [0.25, 0.3) is 5.91 Å². The number of rotatable bonds is 5. The SMILES string of the molecule is Cn1ccc(NC(=O)CCNC(=O)c2cc(F)ccc2Br)n1. The van der Waals surface area contributed by atoms with Crippen LogP contribution in [-0.4, -0.2) is 28.1 Å². The number of nitrogens with one attached hydrogen (secondary N) is 2. The van der Waals surface area contributed by atoms with Crippen LogP contribution in [0.15, 0.2) is 34.9 Å². The summed E-state index contributed by atoms with van der Waals surface area (Å²) in [6.07, 6.45) is 1.80. The summed E-state index contributed by atoms with van der Waals surface area (Å²) in [7, 11) is 1.74. The van der Waals surface area contributed by atoms with Crippen molar-refractivity contribution in [3.63, 3.8) is 0 Å². The second-order valence-electron chi connectivity index (χ2n) is 4.55. The largest absolute Gasteiger partial charge is 0.351 e. The van der Waals surface area contributed by atoms with Crippen LogP contribution < -0.4 is 10.6 Å². The van der Waals surface area contributed by atoms with Gasteiger partial charge in [-0.1, -0.05) is 0 Å².